The van der Waals surface area contributed by atoms with E-state index in [-0.39, 0.29) is 11.8 Å². The van der Waals surface area contributed by atoms with Crippen molar-refractivity contribution < 1.29 is 19.1 Å². The molecule has 0 atom stereocenters. The Morgan fingerprint density at radius 3 is 2.50 bits per heavy atom. The zero-order valence-corrected chi connectivity index (χ0v) is 18.4. The van der Waals surface area contributed by atoms with Gasteiger partial charge in [0.1, 0.15) is 10.6 Å². The summed E-state index contributed by atoms with van der Waals surface area (Å²) in [5.41, 5.74) is 1.07. The fourth-order valence-corrected chi connectivity index (χ4v) is 4.47. The van der Waals surface area contributed by atoms with E-state index in [9.17, 15) is 9.59 Å². The smallest absolute Gasteiger partial charge is 0.267 e. The average Bonchev–Trinajstić information content (AvgIpc) is 3.22. The van der Waals surface area contributed by atoms with E-state index < -0.39 is 0 Å². The molecule has 0 unspecified atom stereocenters. The number of carbonyl (C=O) groups excluding carboxylic acids is 2. The van der Waals surface area contributed by atoms with Crippen molar-refractivity contribution in [2.75, 3.05) is 60.1 Å². The third kappa shape index (κ3) is 5.81. The number of ether oxygens (including phenoxy) is 2. The van der Waals surface area contributed by atoms with Gasteiger partial charge in [0.15, 0.2) is 0 Å². The molecule has 0 spiro atoms. The van der Waals surface area contributed by atoms with Crippen LogP contribution in [0.25, 0.3) is 10.4 Å². The first-order valence-electron chi connectivity index (χ1n) is 10.1. The van der Waals surface area contributed by atoms with E-state index in [1.165, 1.54) is 11.3 Å². The molecule has 1 saturated heterocycles. The Kier molecular flexibility index (Phi) is 8.24. The summed E-state index contributed by atoms with van der Waals surface area (Å²) < 4.78 is 10.5. The molecule has 1 N–H and O–H groups in total. The van der Waals surface area contributed by atoms with Gasteiger partial charge in [0.25, 0.3) is 5.91 Å². The molecule has 0 bridgehead atoms. The van der Waals surface area contributed by atoms with Gasteiger partial charge in [0, 0.05) is 51.3 Å². The summed E-state index contributed by atoms with van der Waals surface area (Å²) in [5.74, 6) is 0.614. The zero-order chi connectivity index (χ0) is 21.3. The first kappa shape index (κ1) is 22.3. The summed E-state index contributed by atoms with van der Waals surface area (Å²) in [4.78, 5) is 30.7. The highest BCUT2D eigenvalue weighted by Gasteiger charge is 2.27. The molecule has 1 aromatic carbocycles. The lowest BCUT2D eigenvalue weighted by Crippen LogP contribution is -2.51. The van der Waals surface area contributed by atoms with Gasteiger partial charge in [-0.05, 0) is 18.1 Å². The zero-order valence-electron chi connectivity index (χ0n) is 17.6. The number of rotatable bonds is 9. The first-order valence-corrected chi connectivity index (χ1v) is 10.9. The highest BCUT2D eigenvalue weighted by molar-refractivity contribution is 7.17. The standard InChI is InChI=1S/C22H29N3O4S/c1-28-14-6-9-23-20(26)16-24-10-12-25(13-11-24)22(27)21-18(29-2)15-19(30-21)17-7-4-3-5-8-17/h3-5,7-8,15H,6,9-14,16H2,1-2H3,(H,23,26). The summed E-state index contributed by atoms with van der Waals surface area (Å²) >= 11 is 1.46. The summed E-state index contributed by atoms with van der Waals surface area (Å²) in [6.45, 7) is 4.16. The van der Waals surface area contributed by atoms with Gasteiger partial charge in [-0.2, -0.15) is 0 Å². The molecule has 2 amide bonds. The van der Waals surface area contributed by atoms with E-state index in [0.29, 0.717) is 56.5 Å². The molecule has 0 radical (unpaired) electrons. The Labute approximate surface area is 181 Å². The Balaban J connectivity index is 1.54. The second-order valence-electron chi connectivity index (χ2n) is 7.14. The molecular weight excluding hydrogens is 402 g/mol. The summed E-state index contributed by atoms with van der Waals surface area (Å²) in [7, 11) is 3.24. The number of methoxy groups -OCH3 is 2. The summed E-state index contributed by atoms with van der Waals surface area (Å²) in [6, 6.07) is 11.9. The lowest BCUT2D eigenvalue weighted by Gasteiger charge is -2.34. The predicted octanol–water partition coefficient (Wildman–Crippen LogP) is 2.33. The minimum Gasteiger partial charge on any atom is -0.495 e. The number of thiophene rings is 1. The molecule has 1 aliphatic rings. The molecule has 8 heteroatoms. The fourth-order valence-electron chi connectivity index (χ4n) is 3.38. The van der Waals surface area contributed by atoms with E-state index >= 15 is 0 Å². The normalized spacial score (nSPS) is 14.5. The van der Waals surface area contributed by atoms with Gasteiger partial charge in [-0.3, -0.25) is 14.5 Å². The quantitative estimate of drug-likeness (QED) is 0.617. The van der Waals surface area contributed by atoms with E-state index in [1.54, 1.807) is 14.2 Å². The third-order valence-electron chi connectivity index (χ3n) is 5.04. The van der Waals surface area contributed by atoms with E-state index in [1.807, 2.05) is 41.3 Å². The molecule has 1 aliphatic heterocycles. The fraction of sp³-hybridized carbons (Fsp3) is 0.455. The van der Waals surface area contributed by atoms with Gasteiger partial charge in [-0.25, -0.2) is 0 Å². The predicted molar refractivity (Wildman–Crippen MR) is 118 cm³/mol. The molecule has 7 nitrogen and oxygen atoms in total. The summed E-state index contributed by atoms with van der Waals surface area (Å²) in [5, 5.41) is 2.90. The Morgan fingerprint density at radius 1 is 1.10 bits per heavy atom. The first-order chi connectivity index (χ1) is 14.6. The Hall–Kier alpha value is -2.42. The van der Waals surface area contributed by atoms with Crippen LogP contribution in [0.2, 0.25) is 0 Å². The van der Waals surface area contributed by atoms with E-state index in [0.717, 1.165) is 16.9 Å². The molecule has 2 heterocycles. The number of nitrogens with one attached hydrogen (secondary N) is 1. The molecule has 30 heavy (non-hydrogen) atoms. The molecule has 0 aliphatic carbocycles. The van der Waals surface area contributed by atoms with Crippen LogP contribution >= 0.6 is 11.3 Å². The minimum absolute atomic E-state index is 0.0114. The molecule has 0 saturated carbocycles. The van der Waals surface area contributed by atoms with Crippen LogP contribution in [0.4, 0.5) is 0 Å². The second-order valence-corrected chi connectivity index (χ2v) is 8.19. The number of hydrogen-bond donors (Lipinski definition) is 1. The molecule has 3 rings (SSSR count). The average molecular weight is 432 g/mol. The van der Waals surface area contributed by atoms with Crippen molar-refractivity contribution in [3.8, 4) is 16.2 Å². The van der Waals surface area contributed by atoms with Crippen molar-refractivity contribution in [1.29, 1.82) is 0 Å². The number of benzene rings is 1. The van der Waals surface area contributed by atoms with Crippen molar-refractivity contribution >= 4 is 23.2 Å². The van der Waals surface area contributed by atoms with Gasteiger partial charge in [-0.1, -0.05) is 30.3 Å². The maximum absolute atomic E-state index is 13.1. The largest absolute Gasteiger partial charge is 0.495 e. The van der Waals surface area contributed by atoms with Crippen LogP contribution in [-0.2, 0) is 9.53 Å². The van der Waals surface area contributed by atoms with Gasteiger partial charge >= 0.3 is 0 Å². The van der Waals surface area contributed by atoms with Crippen molar-refractivity contribution in [2.45, 2.75) is 6.42 Å². The monoisotopic (exact) mass is 431 g/mol. The molecule has 2 aromatic rings. The van der Waals surface area contributed by atoms with Crippen molar-refractivity contribution in [3.05, 3.63) is 41.3 Å². The van der Waals surface area contributed by atoms with E-state index in [4.69, 9.17) is 9.47 Å². The number of amides is 2. The van der Waals surface area contributed by atoms with Crippen LogP contribution in [0.15, 0.2) is 36.4 Å². The third-order valence-corrected chi connectivity index (χ3v) is 6.20. The van der Waals surface area contributed by atoms with Crippen molar-refractivity contribution in [2.24, 2.45) is 0 Å². The van der Waals surface area contributed by atoms with Gasteiger partial charge in [0.05, 0.1) is 13.7 Å². The van der Waals surface area contributed by atoms with E-state index in [2.05, 4.69) is 10.2 Å². The maximum atomic E-state index is 13.1. The Bertz CT molecular complexity index is 832. The lowest BCUT2D eigenvalue weighted by molar-refractivity contribution is -0.122. The molecular formula is C22H29N3O4S. The minimum atomic E-state index is -0.0114. The van der Waals surface area contributed by atoms with Crippen LogP contribution in [0, 0.1) is 0 Å². The van der Waals surface area contributed by atoms with Gasteiger partial charge in [0.2, 0.25) is 5.91 Å². The van der Waals surface area contributed by atoms with Crippen LogP contribution < -0.4 is 10.1 Å². The van der Waals surface area contributed by atoms with Crippen LogP contribution in [0.3, 0.4) is 0 Å². The second kappa shape index (κ2) is 11.1. The topological polar surface area (TPSA) is 71.1 Å². The molecule has 162 valence electrons. The molecule has 1 fully saturated rings. The SMILES string of the molecule is COCCCNC(=O)CN1CCN(C(=O)c2sc(-c3ccccc3)cc2OC)CC1. The van der Waals surface area contributed by atoms with Crippen LogP contribution in [-0.4, -0.2) is 81.7 Å². The summed E-state index contributed by atoms with van der Waals surface area (Å²) in [6.07, 6.45) is 0.804. The number of nitrogens with zero attached hydrogens (tertiary/aromatic N) is 2. The number of hydrogen-bond acceptors (Lipinski definition) is 6. The van der Waals surface area contributed by atoms with Crippen LogP contribution in [0.5, 0.6) is 5.75 Å². The molecule has 1 aromatic heterocycles. The lowest BCUT2D eigenvalue weighted by atomic mass is 10.2. The highest BCUT2D eigenvalue weighted by Crippen LogP contribution is 2.37. The van der Waals surface area contributed by atoms with Gasteiger partial charge < -0.3 is 19.7 Å². The number of carbonyl (C=O) groups is 2. The van der Waals surface area contributed by atoms with Crippen molar-refractivity contribution in [3.63, 3.8) is 0 Å². The van der Waals surface area contributed by atoms with Crippen molar-refractivity contribution in [1.82, 2.24) is 15.1 Å². The Morgan fingerprint density at radius 2 is 1.83 bits per heavy atom. The highest BCUT2D eigenvalue weighted by atomic mass is 32.1. The van der Waals surface area contributed by atoms with Gasteiger partial charge in [-0.15, -0.1) is 11.3 Å². The number of piperazine rings is 1. The maximum Gasteiger partial charge on any atom is 0.267 e. The van der Waals surface area contributed by atoms with Crippen LogP contribution in [0.1, 0.15) is 16.1 Å².